The van der Waals surface area contributed by atoms with E-state index in [2.05, 4.69) is 41.1 Å². The van der Waals surface area contributed by atoms with Crippen molar-refractivity contribution in [3.63, 3.8) is 0 Å². The maximum absolute atomic E-state index is 12.4. The Morgan fingerprint density at radius 2 is 1.78 bits per heavy atom. The van der Waals surface area contributed by atoms with E-state index in [-0.39, 0.29) is 18.5 Å². The molecule has 0 fully saturated rings. The lowest BCUT2D eigenvalue weighted by Gasteiger charge is -2.11. The smallest absolute Gasteiger partial charge is 0.307 e. The van der Waals surface area contributed by atoms with Gasteiger partial charge in [0.25, 0.3) is 0 Å². The van der Waals surface area contributed by atoms with E-state index in [0.29, 0.717) is 22.3 Å². The van der Waals surface area contributed by atoms with Gasteiger partial charge in [0.1, 0.15) is 23.9 Å². The summed E-state index contributed by atoms with van der Waals surface area (Å²) in [5.41, 5.74) is 6.58. The van der Waals surface area contributed by atoms with E-state index < -0.39 is 5.91 Å². The number of hydrogen-bond acceptors (Lipinski definition) is 5. The Labute approximate surface area is 215 Å². The first-order valence-corrected chi connectivity index (χ1v) is 11.9. The molecule has 0 unspecified atom stereocenters. The molecule has 36 heavy (non-hydrogen) atoms. The number of aromatic nitrogens is 1. The molecule has 2 aromatic carbocycles. The Balaban J connectivity index is 1.29. The van der Waals surface area contributed by atoms with E-state index in [0.717, 1.165) is 11.3 Å². The molecule has 0 atom stereocenters. The van der Waals surface area contributed by atoms with Crippen LogP contribution in [0.25, 0.3) is 5.69 Å². The van der Waals surface area contributed by atoms with Crippen LogP contribution in [0.2, 0.25) is 5.02 Å². The second-order valence-electron chi connectivity index (χ2n) is 8.56. The topological polar surface area (TPSA) is 78.0 Å². The van der Waals surface area contributed by atoms with E-state index in [4.69, 9.17) is 25.5 Å². The largest absolute Gasteiger partial charge is 0.489 e. The zero-order valence-electron chi connectivity index (χ0n) is 20.6. The lowest BCUT2D eigenvalue weighted by atomic mass is 10.2. The number of halogens is 1. The standard InChI is InChI=1S/C28H28ClN3O4/c1-18(2)35-26-13-7-21(15-25(26)29)16-30-31-28(33)27-14-12-24(36-27)17-34-23-10-8-22(9-11-23)32-19(3)5-6-20(32)4/h5-16,18H,17H2,1-4H3,(H,31,33)/b30-16+. The van der Waals surface area contributed by atoms with Crippen LogP contribution < -0.4 is 14.9 Å². The summed E-state index contributed by atoms with van der Waals surface area (Å²) >= 11 is 6.23. The molecule has 4 rings (SSSR count). The molecule has 0 spiro atoms. The molecule has 186 valence electrons. The van der Waals surface area contributed by atoms with Crippen molar-refractivity contribution < 1.29 is 18.7 Å². The number of hydrogen-bond donors (Lipinski definition) is 1. The minimum absolute atomic E-state index is 0.0224. The predicted octanol–water partition coefficient (Wildman–Crippen LogP) is 6.47. The van der Waals surface area contributed by atoms with Crippen molar-refractivity contribution in [1.82, 2.24) is 9.99 Å². The van der Waals surface area contributed by atoms with Crippen LogP contribution in [0, 0.1) is 13.8 Å². The predicted molar refractivity (Wildman–Crippen MR) is 141 cm³/mol. The van der Waals surface area contributed by atoms with Crippen LogP contribution in [-0.4, -0.2) is 22.8 Å². The fraction of sp³-hybridized carbons (Fsp3) is 0.214. The minimum Gasteiger partial charge on any atom is -0.489 e. The van der Waals surface area contributed by atoms with E-state index in [1.165, 1.54) is 17.6 Å². The van der Waals surface area contributed by atoms with E-state index in [1.807, 2.05) is 38.1 Å². The Kier molecular flexibility index (Phi) is 7.80. The van der Waals surface area contributed by atoms with Gasteiger partial charge < -0.3 is 18.5 Å². The molecule has 8 heteroatoms. The summed E-state index contributed by atoms with van der Waals surface area (Å²) < 4.78 is 19.2. The van der Waals surface area contributed by atoms with Crippen molar-refractivity contribution in [3.05, 3.63) is 100 Å². The molecule has 7 nitrogen and oxygen atoms in total. The molecule has 4 aromatic rings. The summed E-state index contributed by atoms with van der Waals surface area (Å²) in [6.45, 7) is 8.20. The van der Waals surface area contributed by atoms with Gasteiger partial charge in [0.15, 0.2) is 5.76 Å². The van der Waals surface area contributed by atoms with Gasteiger partial charge in [-0.1, -0.05) is 11.6 Å². The number of aryl methyl sites for hydroxylation is 2. The van der Waals surface area contributed by atoms with E-state index in [1.54, 1.807) is 30.3 Å². The van der Waals surface area contributed by atoms with Crippen molar-refractivity contribution in [2.45, 2.75) is 40.4 Å². The Morgan fingerprint density at radius 1 is 1.06 bits per heavy atom. The number of rotatable bonds is 9. The van der Waals surface area contributed by atoms with Gasteiger partial charge in [0.05, 0.1) is 17.3 Å². The number of nitrogens with one attached hydrogen (secondary N) is 1. The van der Waals surface area contributed by atoms with Crippen LogP contribution in [0.1, 0.15) is 47.1 Å². The Hall–Kier alpha value is -3.97. The molecule has 0 aliphatic carbocycles. The monoisotopic (exact) mass is 505 g/mol. The van der Waals surface area contributed by atoms with Gasteiger partial charge in [-0.3, -0.25) is 4.79 Å². The molecule has 0 aliphatic heterocycles. The van der Waals surface area contributed by atoms with Crippen molar-refractivity contribution in [2.75, 3.05) is 0 Å². The van der Waals surface area contributed by atoms with Gasteiger partial charge in [-0.05, 0) is 100.0 Å². The van der Waals surface area contributed by atoms with Crippen LogP contribution in [0.3, 0.4) is 0 Å². The van der Waals surface area contributed by atoms with Crippen molar-refractivity contribution >= 4 is 23.7 Å². The molecule has 0 saturated heterocycles. The third kappa shape index (κ3) is 6.17. The maximum Gasteiger partial charge on any atom is 0.307 e. The quantitative estimate of drug-likeness (QED) is 0.209. The third-order valence-electron chi connectivity index (χ3n) is 5.33. The van der Waals surface area contributed by atoms with Gasteiger partial charge in [-0.25, -0.2) is 5.43 Å². The molecule has 0 saturated carbocycles. The third-order valence-corrected chi connectivity index (χ3v) is 5.63. The van der Waals surface area contributed by atoms with Crippen LogP contribution in [0.4, 0.5) is 0 Å². The zero-order chi connectivity index (χ0) is 25.7. The van der Waals surface area contributed by atoms with Gasteiger partial charge in [-0.2, -0.15) is 5.10 Å². The highest BCUT2D eigenvalue weighted by Gasteiger charge is 2.11. The van der Waals surface area contributed by atoms with Gasteiger partial charge in [0.2, 0.25) is 0 Å². The average Bonchev–Trinajstić information content (AvgIpc) is 3.46. The SMILES string of the molecule is Cc1ccc(C)n1-c1ccc(OCc2ccc(C(=O)N/N=C/c3ccc(OC(C)C)c(Cl)c3)o2)cc1. The summed E-state index contributed by atoms with van der Waals surface area (Å²) in [5.74, 6) is 1.50. The number of hydrazone groups is 1. The van der Waals surface area contributed by atoms with Crippen LogP contribution in [0.5, 0.6) is 11.5 Å². The molecule has 0 radical (unpaired) electrons. The number of benzene rings is 2. The van der Waals surface area contributed by atoms with Gasteiger partial charge in [-0.15, -0.1) is 0 Å². The number of carbonyl (C=O) groups is 1. The van der Waals surface area contributed by atoms with Crippen LogP contribution in [-0.2, 0) is 6.61 Å². The van der Waals surface area contributed by atoms with Crippen LogP contribution >= 0.6 is 11.6 Å². The Bertz CT molecular complexity index is 1350. The first-order chi connectivity index (χ1) is 17.3. The van der Waals surface area contributed by atoms with Crippen molar-refractivity contribution in [2.24, 2.45) is 5.10 Å². The highest BCUT2D eigenvalue weighted by Crippen LogP contribution is 2.26. The van der Waals surface area contributed by atoms with Gasteiger partial charge in [0, 0.05) is 17.1 Å². The molecule has 1 amide bonds. The zero-order valence-corrected chi connectivity index (χ0v) is 21.4. The normalized spacial score (nSPS) is 11.3. The van der Waals surface area contributed by atoms with Crippen molar-refractivity contribution in [3.8, 4) is 17.2 Å². The lowest BCUT2D eigenvalue weighted by Crippen LogP contribution is -2.16. The molecule has 0 bridgehead atoms. The molecular formula is C28H28ClN3O4. The highest BCUT2D eigenvalue weighted by atomic mass is 35.5. The molecular weight excluding hydrogens is 478 g/mol. The summed E-state index contributed by atoms with van der Waals surface area (Å²) in [4.78, 5) is 12.4. The van der Waals surface area contributed by atoms with Gasteiger partial charge >= 0.3 is 5.91 Å². The summed E-state index contributed by atoms with van der Waals surface area (Å²) in [6, 6.07) is 20.6. The first kappa shape index (κ1) is 25.1. The number of furan rings is 1. The maximum atomic E-state index is 12.4. The average molecular weight is 506 g/mol. The Morgan fingerprint density at radius 3 is 2.44 bits per heavy atom. The van der Waals surface area contributed by atoms with E-state index >= 15 is 0 Å². The fourth-order valence-electron chi connectivity index (χ4n) is 3.67. The van der Waals surface area contributed by atoms with Crippen LogP contribution in [0.15, 0.2) is 76.2 Å². The number of nitrogens with zero attached hydrogens (tertiary/aromatic N) is 2. The van der Waals surface area contributed by atoms with E-state index in [9.17, 15) is 4.79 Å². The number of carbonyl (C=O) groups excluding carboxylic acids is 1. The summed E-state index contributed by atoms with van der Waals surface area (Å²) in [5, 5.41) is 4.45. The minimum atomic E-state index is -0.467. The molecule has 2 heterocycles. The fourth-order valence-corrected chi connectivity index (χ4v) is 3.90. The summed E-state index contributed by atoms with van der Waals surface area (Å²) in [7, 11) is 0. The summed E-state index contributed by atoms with van der Waals surface area (Å²) in [6.07, 6.45) is 1.52. The second-order valence-corrected chi connectivity index (χ2v) is 8.96. The first-order valence-electron chi connectivity index (χ1n) is 11.6. The van der Waals surface area contributed by atoms with Crippen molar-refractivity contribution in [1.29, 1.82) is 0 Å². The lowest BCUT2D eigenvalue weighted by molar-refractivity contribution is 0.0923. The molecule has 0 aliphatic rings. The molecule has 1 N–H and O–H groups in total. The second kappa shape index (κ2) is 11.2. The number of ether oxygens (including phenoxy) is 2. The number of amides is 1. The molecule has 2 aromatic heterocycles. The highest BCUT2D eigenvalue weighted by molar-refractivity contribution is 6.32.